The lowest BCUT2D eigenvalue weighted by Crippen LogP contribution is -2.28. The molecule has 0 saturated heterocycles. The van der Waals surface area contributed by atoms with Crippen LogP contribution in [0.1, 0.15) is 44.2 Å². The summed E-state index contributed by atoms with van der Waals surface area (Å²) in [7, 11) is 2.10. The summed E-state index contributed by atoms with van der Waals surface area (Å²) in [4.78, 5) is 4.32. The van der Waals surface area contributed by atoms with Crippen LogP contribution in [0.5, 0.6) is 0 Å². The predicted octanol–water partition coefficient (Wildman–Crippen LogP) is 4.32. The van der Waals surface area contributed by atoms with Crippen molar-refractivity contribution in [1.82, 2.24) is 10.3 Å². The van der Waals surface area contributed by atoms with E-state index in [2.05, 4.69) is 48.5 Å². The van der Waals surface area contributed by atoms with Crippen LogP contribution in [-0.2, 0) is 0 Å². The number of rotatable bonds is 3. The highest BCUT2D eigenvalue weighted by Crippen LogP contribution is 2.38. The molecule has 1 aliphatic carbocycles. The number of aromatic nitrogens is 1. The molecule has 1 saturated carbocycles. The Hall–Kier alpha value is -1.41. The zero-order chi connectivity index (χ0) is 13.9. The number of nitrogens with zero attached hydrogens (tertiary/aromatic N) is 1. The van der Waals surface area contributed by atoms with Crippen molar-refractivity contribution in [3.8, 4) is 0 Å². The number of fused-ring (bicyclic) bond motifs is 1. The van der Waals surface area contributed by atoms with Gasteiger partial charge in [0.05, 0.1) is 0 Å². The van der Waals surface area contributed by atoms with Gasteiger partial charge in [-0.05, 0) is 48.7 Å². The van der Waals surface area contributed by atoms with E-state index in [1.54, 1.807) is 0 Å². The van der Waals surface area contributed by atoms with E-state index in [9.17, 15) is 0 Å². The quantitative estimate of drug-likeness (QED) is 0.896. The molecule has 20 heavy (non-hydrogen) atoms. The third-order valence-electron chi connectivity index (χ3n) is 4.90. The van der Waals surface area contributed by atoms with Gasteiger partial charge in [0, 0.05) is 23.8 Å². The fraction of sp³-hybridized carbons (Fsp3) is 0.500. The summed E-state index contributed by atoms with van der Waals surface area (Å²) in [6.07, 6.45) is 9.30. The van der Waals surface area contributed by atoms with Crippen LogP contribution in [-0.4, -0.2) is 12.0 Å². The molecule has 1 aromatic carbocycles. The Balaban J connectivity index is 1.95. The molecule has 1 heterocycles. The van der Waals surface area contributed by atoms with Gasteiger partial charge >= 0.3 is 0 Å². The van der Waals surface area contributed by atoms with Crippen LogP contribution in [0.2, 0.25) is 0 Å². The third kappa shape index (κ3) is 2.57. The lowest BCUT2D eigenvalue weighted by Gasteiger charge is -2.33. The zero-order valence-corrected chi connectivity index (χ0v) is 12.5. The van der Waals surface area contributed by atoms with Gasteiger partial charge in [0.2, 0.25) is 0 Å². The van der Waals surface area contributed by atoms with Crippen molar-refractivity contribution < 1.29 is 0 Å². The topological polar surface area (TPSA) is 24.9 Å². The maximum Gasteiger partial charge on any atom is 0.0352 e. The molecule has 3 rings (SSSR count). The molecule has 2 aromatic rings. The molecule has 1 N–H and O–H groups in total. The summed E-state index contributed by atoms with van der Waals surface area (Å²) in [6, 6.07) is 9.18. The Labute approximate surface area is 121 Å². The molecule has 2 heteroatoms. The van der Waals surface area contributed by atoms with Crippen LogP contribution < -0.4 is 5.32 Å². The van der Waals surface area contributed by atoms with Crippen LogP contribution in [0.25, 0.3) is 10.8 Å². The Morgan fingerprint density at radius 2 is 1.95 bits per heavy atom. The van der Waals surface area contributed by atoms with Gasteiger partial charge in [-0.15, -0.1) is 0 Å². The lowest BCUT2D eigenvalue weighted by molar-refractivity contribution is 0.239. The molecule has 106 valence electrons. The molecule has 1 atom stereocenters. The second-order valence-corrected chi connectivity index (χ2v) is 6.23. The molecule has 2 nitrogen and oxygen atoms in total. The monoisotopic (exact) mass is 268 g/mol. The van der Waals surface area contributed by atoms with E-state index < -0.39 is 0 Å². The smallest absolute Gasteiger partial charge is 0.0352 e. The summed E-state index contributed by atoms with van der Waals surface area (Å²) in [5.74, 6) is 1.65. The average molecular weight is 268 g/mol. The van der Waals surface area contributed by atoms with Crippen molar-refractivity contribution in [3.63, 3.8) is 0 Å². The van der Waals surface area contributed by atoms with E-state index >= 15 is 0 Å². The summed E-state index contributed by atoms with van der Waals surface area (Å²) in [5, 5.41) is 6.16. The van der Waals surface area contributed by atoms with Gasteiger partial charge in [0.15, 0.2) is 0 Å². The van der Waals surface area contributed by atoms with Gasteiger partial charge in [-0.2, -0.15) is 0 Å². The Morgan fingerprint density at radius 1 is 1.15 bits per heavy atom. The van der Waals surface area contributed by atoms with E-state index in [-0.39, 0.29) is 0 Å². The first-order chi connectivity index (χ1) is 9.79. The summed E-state index contributed by atoms with van der Waals surface area (Å²) in [6.45, 7) is 2.38. The normalized spacial score (nSPS) is 24.7. The molecule has 1 unspecified atom stereocenters. The molecule has 0 spiro atoms. The van der Waals surface area contributed by atoms with Crippen LogP contribution in [0, 0.1) is 11.8 Å². The van der Waals surface area contributed by atoms with E-state index in [0.29, 0.717) is 6.04 Å². The van der Waals surface area contributed by atoms with Gasteiger partial charge in [-0.1, -0.05) is 38.0 Å². The fourth-order valence-electron chi connectivity index (χ4n) is 3.67. The molecular formula is C18H24N2. The first-order valence-electron chi connectivity index (χ1n) is 7.79. The van der Waals surface area contributed by atoms with Crippen LogP contribution in [0.4, 0.5) is 0 Å². The van der Waals surface area contributed by atoms with Crippen molar-refractivity contribution in [2.45, 2.75) is 38.6 Å². The predicted molar refractivity (Wildman–Crippen MR) is 84.7 cm³/mol. The maximum absolute atomic E-state index is 4.32. The fourth-order valence-corrected chi connectivity index (χ4v) is 3.67. The van der Waals surface area contributed by atoms with Gasteiger partial charge in [0.1, 0.15) is 0 Å². The zero-order valence-electron chi connectivity index (χ0n) is 12.5. The van der Waals surface area contributed by atoms with E-state index in [1.165, 1.54) is 42.0 Å². The molecule has 1 fully saturated rings. The maximum atomic E-state index is 4.32. The number of nitrogens with one attached hydrogen (secondary N) is 1. The SMILES string of the molecule is CNC(c1cccc2ccncc12)C1CCC(C)CC1. The van der Waals surface area contributed by atoms with E-state index in [1.807, 2.05) is 12.4 Å². The van der Waals surface area contributed by atoms with Crippen molar-refractivity contribution in [2.75, 3.05) is 7.05 Å². The number of hydrogen-bond donors (Lipinski definition) is 1. The van der Waals surface area contributed by atoms with Crippen LogP contribution in [0.3, 0.4) is 0 Å². The molecule has 0 radical (unpaired) electrons. The van der Waals surface area contributed by atoms with Crippen LogP contribution >= 0.6 is 0 Å². The third-order valence-corrected chi connectivity index (χ3v) is 4.90. The van der Waals surface area contributed by atoms with Crippen molar-refractivity contribution in [2.24, 2.45) is 11.8 Å². The standard InChI is InChI=1S/C18H24N2/c1-13-6-8-15(9-7-13)18(19-2)16-5-3-4-14-10-11-20-12-17(14)16/h3-5,10-13,15,18-19H,6-9H2,1-2H3. The van der Waals surface area contributed by atoms with Gasteiger partial charge < -0.3 is 5.32 Å². The molecule has 0 aliphatic heterocycles. The Morgan fingerprint density at radius 3 is 2.70 bits per heavy atom. The van der Waals surface area contributed by atoms with Gasteiger partial charge in [-0.3, -0.25) is 4.98 Å². The molecular weight excluding hydrogens is 244 g/mol. The first kappa shape index (κ1) is 13.6. The van der Waals surface area contributed by atoms with Gasteiger partial charge in [0.25, 0.3) is 0 Å². The highest BCUT2D eigenvalue weighted by molar-refractivity contribution is 5.85. The highest BCUT2D eigenvalue weighted by atomic mass is 14.9. The first-order valence-corrected chi connectivity index (χ1v) is 7.79. The van der Waals surface area contributed by atoms with E-state index in [0.717, 1.165) is 11.8 Å². The minimum atomic E-state index is 0.454. The molecule has 1 aromatic heterocycles. The summed E-state index contributed by atoms with van der Waals surface area (Å²) >= 11 is 0. The number of hydrogen-bond acceptors (Lipinski definition) is 2. The van der Waals surface area contributed by atoms with Crippen molar-refractivity contribution >= 4 is 10.8 Å². The minimum absolute atomic E-state index is 0.454. The van der Waals surface area contributed by atoms with Crippen LogP contribution in [0.15, 0.2) is 36.7 Å². The lowest BCUT2D eigenvalue weighted by atomic mass is 9.77. The minimum Gasteiger partial charge on any atom is -0.313 e. The second-order valence-electron chi connectivity index (χ2n) is 6.23. The molecule has 0 bridgehead atoms. The Bertz CT molecular complexity index is 565. The summed E-state index contributed by atoms with van der Waals surface area (Å²) < 4.78 is 0. The van der Waals surface area contributed by atoms with E-state index in [4.69, 9.17) is 0 Å². The van der Waals surface area contributed by atoms with Gasteiger partial charge in [-0.25, -0.2) is 0 Å². The molecule has 0 amide bonds. The summed E-state index contributed by atoms with van der Waals surface area (Å²) in [5.41, 5.74) is 1.41. The number of pyridine rings is 1. The molecule has 1 aliphatic rings. The highest BCUT2D eigenvalue weighted by Gasteiger charge is 2.27. The average Bonchev–Trinajstić information content (AvgIpc) is 2.50. The largest absolute Gasteiger partial charge is 0.313 e. The Kier molecular flexibility index (Phi) is 4.02. The second kappa shape index (κ2) is 5.92. The van der Waals surface area contributed by atoms with Crippen molar-refractivity contribution in [3.05, 3.63) is 42.2 Å². The number of benzene rings is 1. The van der Waals surface area contributed by atoms with Crippen molar-refractivity contribution in [1.29, 1.82) is 0 Å².